The van der Waals surface area contributed by atoms with E-state index in [1.807, 2.05) is 42.5 Å². The molecular formula is C17H14O3. The fraction of sp³-hybridized carbons (Fsp3) is 0.235. The Hall–Kier alpha value is -2.29. The van der Waals surface area contributed by atoms with Gasteiger partial charge in [-0.05, 0) is 35.4 Å². The molecule has 3 heteroatoms. The van der Waals surface area contributed by atoms with Crippen molar-refractivity contribution in [2.24, 2.45) is 0 Å². The normalized spacial score (nSPS) is 18.9. The maximum absolute atomic E-state index is 12.5. The van der Waals surface area contributed by atoms with Gasteiger partial charge in [-0.2, -0.15) is 0 Å². The lowest BCUT2D eigenvalue weighted by atomic mass is 9.99. The molecule has 2 aliphatic heterocycles. The van der Waals surface area contributed by atoms with E-state index >= 15 is 0 Å². The van der Waals surface area contributed by atoms with Gasteiger partial charge in [0, 0.05) is 18.4 Å². The maximum Gasteiger partial charge on any atom is 0.203 e. The summed E-state index contributed by atoms with van der Waals surface area (Å²) in [6.45, 7) is 0.707. The van der Waals surface area contributed by atoms with E-state index in [4.69, 9.17) is 9.47 Å². The molecule has 1 unspecified atom stereocenters. The zero-order valence-corrected chi connectivity index (χ0v) is 11.0. The van der Waals surface area contributed by atoms with Crippen molar-refractivity contribution in [1.82, 2.24) is 0 Å². The monoisotopic (exact) mass is 266 g/mol. The summed E-state index contributed by atoms with van der Waals surface area (Å²) in [4.78, 5) is 12.5. The van der Waals surface area contributed by atoms with Crippen LogP contribution >= 0.6 is 0 Å². The minimum atomic E-state index is -0.396. The summed E-state index contributed by atoms with van der Waals surface area (Å²) in [5.74, 6) is 1.78. The predicted molar refractivity (Wildman–Crippen MR) is 74.5 cm³/mol. The zero-order valence-electron chi connectivity index (χ0n) is 11.0. The Morgan fingerprint density at radius 3 is 2.85 bits per heavy atom. The SMILES string of the molecule is O=C(c1ccc2c(c1)CCO2)C1Cc2ccccc2O1. The number of Topliss-reactive ketones (excluding diaryl/α,β-unsaturated/α-hetero) is 1. The van der Waals surface area contributed by atoms with Crippen LogP contribution < -0.4 is 9.47 Å². The molecule has 2 aromatic carbocycles. The van der Waals surface area contributed by atoms with Crippen LogP contribution in [0.2, 0.25) is 0 Å². The lowest BCUT2D eigenvalue weighted by Crippen LogP contribution is -2.25. The molecule has 3 nitrogen and oxygen atoms in total. The topological polar surface area (TPSA) is 35.5 Å². The van der Waals surface area contributed by atoms with Gasteiger partial charge in [0.25, 0.3) is 0 Å². The van der Waals surface area contributed by atoms with Crippen LogP contribution in [0, 0.1) is 0 Å². The Bertz CT molecular complexity index is 665. The molecule has 0 fully saturated rings. The molecule has 0 radical (unpaired) electrons. The number of rotatable bonds is 2. The lowest BCUT2D eigenvalue weighted by Gasteiger charge is -2.10. The van der Waals surface area contributed by atoms with Gasteiger partial charge < -0.3 is 9.47 Å². The zero-order chi connectivity index (χ0) is 13.5. The van der Waals surface area contributed by atoms with Crippen LogP contribution in [0.25, 0.3) is 0 Å². The molecule has 4 rings (SSSR count). The smallest absolute Gasteiger partial charge is 0.203 e. The second kappa shape index (κ2) is 4.37. The van der Waals surface area contributed by atoms with E-state index in [9.17, 15) is 4.79 Å². The van der Waals surface area contributed by atoms with Gasteiger partial charge in [-0.3, -0.25) is 4.79 Å². The van der Waals surface area contributed by atoms with E-state index in [0.29, 0.717) is 18.6 Å². The van der Waals surface area contributed by atoms with Crippen molar-refractivity contribution in [3.05, 3.63) is 59.2 Å². The Morgan fingerprint density at radius 2 is 1.95 bits per heavy atom. The van der Waals surface area contributed by atoms with Gasteiger partial charge in [-0.25, -0.2) is 0 Å². The summed E-state index contributed by atoms with van der Waals surface area (Å²) >= 11 is 0. The first-order valence-electron chi connectivity index (χ1n) is 6.86. The van der Waals surface area contributed by atoms with Crippen molar-refractivity contribution in [2.45, 2.75) is 18.9 Å². The first kappa shape index (κ1) is 11.5. The average Bonchev–Trinajstić information content (AvgIpc) is 3.11. The van der Waals surface area contributed by atoms with Gasteiger partial charge in [0.05, 0.1) is 6.61 Å². The Kier molecular flexibility index (Phi) is 2.52. The lowest BCUT2D eigenvalue weighted by molar-refractivity contribution is 0.0824. The number of carbonyl (C=O) groups excluding carboxylic acids is 1. The first-order valence-corrected chi connectivity index (χ1v) is 6.86. The van der Waals surface area contributed by atoms with Crippen molar-refractivity contribution >= 4 is 5.78 Å². The highest BCUT2D eigenvalue weighted by molar-refractivity contribution is 6.00. The Labute approximate surface area is 117 Å². The van der Waals surface area contributed by atoms with Crippen molar-refractivity contribution in [1.29, 1.82) is 0 Å². The molecule has 100 valence electrons. The highest BCUT2D eigenvalue weighted by Crippen LogP contribution is 2.31. The second-order valence-corrected chi connectivity index (χ2v) is 5.20. The molecule has 2 aromatic rings. The van der Waals surface area contributed by atoms with Crippen molar-refractivity contribution in [3.63, 3.8) is 0 Å². The predicted octanol–water partition coefficient (Wildman–Crippen LogP) is 2.81. The molecule has 0 bridgehead atoms. The minimum Gasteiger partial charge on any atom is -0.493 e. The molecule has 2 heterocycles. The van der Waals surface area contributed by atoms with Crippen LogP contribution in [-0.2, 0) is 12.8 Å². The molecule has 0 aliphatic carbocycles. The fourth-order valence-electron chi connectivity index (χ4n) is 2.85. The molecule has 0 amide bonds. The van der Waals surface area contributed by atoms with Crippen molar-refractivity contribution < 1.29 is 14.3 Å². The average molecular weight is 266 g/mol. The number of benzene rings is 2. The van der Waals surface area contributed by atoms with Gasteiger partial charge in [0.2, 0.25) is 5.78 Å². The quantitative estimate of drug-likeness (QED) is 0.784. The molecule has 2 aliphatic rings. The highest BCUT2D eigenvalue weighted by Gasteiger charge is 2.30. The van der Waals surface area contributed by atoms with Crippen LogP contribution in [0.3, 0.4) is 0 Å². The highest BCUT2D eigenvalue weighted by atomic mass is 16.5. The number of ketones is 1. The minimum absolute atomic E-state index is 0.0518. The molecule has 20 heavy (non-hydrogen) atoms. The van der Waals surface area contributed by atoms with Gasteiger partial charge in [-0.15, -0.1) is 0 Å². The number of hydrogen-bond acceptors (Lipinski definition) is 3. The summed E-state index contributed by atoms with van der Waals surface area (Å²) in [6.07, 6.45) is 1.14. The van der Waals surface area contributed by atoms with Crippen LogP contribution in [0.5, 0.6) is 11.5 Å². The standard InChI is InChI=1S/C17H14O3/c18-17(13-5-6-14-12(9-13)7-8-19-14)16-10-11-3-1-2-4-15(11)20-16/h1-6,9,16H,7-8,10H2. The number of para-hydroxylation sites is 1. The third-order valence-corrected chi connectivity index (χ3v) is 3.91. The Morgan fingerprint density at radius 1 is 1.05 bits per heavy atom. The van der Waals surface area contributed by atoms with E-state index in [2.05, 4.69) is 0 Å². The van der Waals surface area contributed by atoms with E-state index in [-0.39, 0.29) is 5.78 Å². The summed E-state index contributed by atoms with van der Waals surface area (Å²) in [5.41, 5.74) is 2.94. The number of carbonyl (C=O) groups is 1. The summed E-state index contributed by atoms with van der Waals surface area (Å²) in [6, 6.07) is 13.5. The molecular weight excluding hydrogens is 252 g/mol. The molecule has 0 spiro atoms. The molecule has 1 atom stereocenters. The van der Waals surface area contributed by atoms with Crippen LogP contribution in [0.1, 0.15) is 21.5 Å². The number of fused-ring (bicyclic) bond motifs is 2. The maximum atomic E-state index is 12.5. The molecule has 0 aromatic heterocycles. The second-order valence-electron chi connectivity index (χ2n) is 5.20. The van der Waals surface area contributed by atoms with E-state index < -0.39 is 6.10 Å². The van der Waals surface area contributed by atoms with Gasteiger partial charge in [-0.1, -0.05) is 18.2 Å². The number of ether oxygens (including phenoxy) is 2. The van der Waals surface area contributed by atoms with Crippen LogP contribution in [0.4, 0.5) is 0 Å². The molecule has 0 N–H and O–H groups in total. The number of hydrogen-bond donors (Lipinski definition) is 0. The summed E-state index contributed by atoms with van der Waals surface area (Å²) < 4.78 is 11.2. The van der Waals surface area contributed by atoms with Gasteiger partial charge >= 0.3 is 0 Å². The third-order valence-electron chi connectivity index (χ3n) is 3.91. The largest absolute Gasteiger partial charge is 0.493 e. The first-order chi connectivity index (χ1) is 9.81. The fourth-order valence-corrected chi connectivity index (χ4v) is 2.85. The Balaban J connectivity index is 1.60. The third kappa shape index (κ3) is 1.78. The van der Waals surface area contributed by atoms with Crippen molar-refractivity contribution in [2.75, 3.05) is 6.61 Å². The van der Waals surface area contributed by atoms with Gasteiger partial charge in [0.1, 0.15) is 11.5 Å². The van der Waals surface area contributed by atoms with Gasteiger partial charge in [0.15, 0.2) is 6.10 Å². The van der Waals surface area contributed by atoms with E-state index in [0.717, 1.165) is 29.0 Å². The van der Waals surface area contributed by atoms with Crippen LogP contribution in [-0.4, -0.2) is 18.5 Å². The van der Waals surface area contributed by atoms with Crippen LogP contribution in [0.15, 0.2) is 42.5 Å². The van der Waals surface area contributed by atoms with Crippen molar-refractivity contribution in [3.8, 4) is 11.5 Å². The van der Waals surface area contributed by atoms with E-state index in [1.54, 1.807) is 0 Å². The molecule has 0 saturated carbocycles. The summed E-state index contributed by atoms with van der Waals surface area (Å²) in [7, 11) is 0. The van der Waals surface area contributed by atoms with E-state index in [1.165, 1.54) is 0 Å². The summed E-state index contributed by atoms with van der Waals surface area (Å²) in [5, 5.41) is 0. The molecule has 0 saturated heterocycles.